The van der Waals surface area contributed by atoms with Crippen molar-refractivity contribution in [2.24, 2.45) is 0 Å². The lowest BCUT2D eigenvalue weighted by atomic mass is 10.00. The number of nitrogen functional groups attached to an aromatic ring is 1. The van der Waals surface area contributed by atoms with E-state index in [2.05, 4.69) is 4.72 Å². The van der Waals surface area contributed by atoms with Crippen molar-refractivity contribution in [3.63, 3.8) is 0 Å². The Labute approximate surface area is 113 Å². The zero-order valence-corrected chi connectivity index (χ0v) is 11.7. The molecule has 1 aliphatic rings. The summed E-state index contributed by atoms with van der Waals surface area (Å²) in [6.45, 7) is 1.42. The summed E-state index contributed by atoms with van der Waals surface area (Å²) < 4.78 is 33.0. The van der Waals surface area contributed by atoms with Crippen molar-refractivity contribution in [3.05, 3.63) is 29.3 Å². The lowest BCUT2D eigenvalue weighted by Crippen LogP contribution is -2.44. The molecule has 0 aliphatic carbocycles. The van der Waals surface area contributed by atoms with Crippen LogP contribution >= 0.6 is 0 Å². The average Bonchev–Trinajstić information content (AvgIpc) is 2.39. The first kappa shape index (κ1) is 14.3. The predicted molar refractivity (Wildman–Crippen MR) is 73.8 cm³/mol. The number of nitrogens with zero attached hydrogens (tertiary/aromatic N) is 1. The van der Waals surface area contributed by atoms with Gasteiger partial charge in [0.15, 0.2) is 0 Å². The van der Waals surface area contributed by atoms with E-state index in [9.17, 15) is 8.42 Å². The molecule has 6 nitrogen and oxygen atoms in total. The number of nitrogens with one attached hydrogen (secondary N) is 1. The highest BCUT2D eigenvalue weighted by Gasteiger charge is 2.27. The lowest BCUT2D eigenvalue weighted by molar-refractivity contribution is 0.203. The highest BCUT2D eigenvalue weighted by atomic mass is 32.2. The summed E-state index contributed by atoms with van der Waals surface area (Å²) in [4.78, 5) is 0. The zero-order valence-electron chi connectivity index (χ0n) is 10.9. The molecule has 0 radical (unpaired) electrons. The number of benzene rings is 1. The quantitative estimate of drug-likeness (QED) is 0.594. The van der Waals surface area contributed by atoms with E-state index < -0.39 is 10.2 Å². The SMILES string of the molecule is COCCNS(=O)(=O)N1CCc2cccc(N)c2C1. The van der Waals surface area contributed by atoms with Crippen molar-refractivity contribution >= 4 is 15.9 Å². The van der Waals surface area contributed by atoms with Crippen LogP contribution in [0.2, 0.25) is 0 Å². The molecular weight excluding hydrogens is 266 g/mol. The number of anilines is 1. The molecule has 19 heavy (non-hydrogen) atoms. The third-order valence-corrected chi connectivity index (χ3v) is 4.77. The Morgan fingerprint density at radius 2 is 2.26 bits per heavy atom. The molecule has 2 rings (SSSR count). The summed E-state index contributed by atoms with van der Waals surface area (Å²) in [5.41, 5.74) is 8.59. The van der Waals surface area contributed by atoms with Crippen LogP contribution in [0.4, 0.5) is 5.69 Å². The van der Waals surface area contributed by atoms with Gasteiger partial charge in [0.1, 0.15) is 0 Å². The molecule has 1 aromatic carbocycles. The van der Waals surface area contributed by atoms with E-state index >= 15 is 0 Å². The molecule has 0 amide bonds. The molecule has 0 fully saturated rings. The van der Waals surface area contributed by atoms with Gasteiger partial charge in [-0.2, -0.15) is 17.4 Å². The molecule has 106 valence electrons. The van der Waals surface area contributed by atoms with Gasteiger partial charge in [0.25, 0.3) is 10.2 Å². The predicted octanol–water partition coefficient (Wildman–Crippen LogP) is 0.108. The number of rotatable bonds is 5. The van der Waals surface area contributed by atoms with Gasteiger partial charge in [0, 0.05) is 32.4 Å². The lowest BCUT2D eigenvalue weighted by Gasteiger charge is -2.28. The van der Waals surface area contributed by atoms with Gasteiger partial charge in [-0.1, -0.05) is 12.1 Å². The summed E-state index contributed by atoms with van der Waals surface area (Å²) in [6, 6.07) is 5.69. The second kappa shape index (κ2) is 5.87. The number of methoxy groups -OCH3 is 1. The molecular formula is C12H19N3O3S. The van der Waals surface area contributed by atoms with Crippen LogP contribution in [-0.4, -0.2) is 39.5 Å². The van der Waals surface area contributed by atoms with Gasteiger partial charge in [-0.15, -0.1) is 0 Å². The molecule has 0 unspecified atom stereocenters. The second-order valence-corrected chi connectivity index (χ2v) is 6.22. The maximum atomic E-state index is 12.1. The van der Waals surface area contributed by atoms with Gasteiger partial charge in [-0.3, -0.25) is 0 Å². The van der Waals surface area contributed by atoms with Gasteiger partial charge in [-0.05, 0) is 23.6 Å². The average molecular weight is 285 g/mol. The first-order valence-corrected chi connectivity index (χ1v) is 7.58. The van der Waals surface area contributed by atoms with Crippen LogP contribution in [0.3, 0.4) is 0 Å². The zero-order chi connectivity index (χ0) is 13.9. The maximum Gasteiger partial charge on any atom is 0.279 e. The Kier molecular flexibility index (Phi) is 4.41. The van der Waals surface area contributed by atoms with Crippen LogP contribution in [0.25, 0.3) is 0 Å². The fourth-order valence-electron chi connectivity index (χ4n) is 2.15. The van der Waals surface area contributed by atoms with Gasteiger partial charge < -0.3 is 10.5 Å². The Bertz CT molecular complexity index is 545. The normalized spacial score (nSPS) is 16.3. The number of nitrogens with two attached hydrogens (primary N) is 1. The molecule has 0 saturated heterocycles. The van der Waals surface area contributed by atoms with Gasteiger partial charge in [0.05, 0.1) is 6.61 Å². The molecule has 3 N–H and O–H groups in total. The van der Waals surface area contributed by atoms with Crippen LogP contribution in [0.15, 0.2) is 18.2 Å². The topological polar surface area (TPSA) is 84.7 Å². The van der Waals surface area contributed by atoms with Crippen LogP contribution in [-0.2, 0) is 27.9 Å². The molecule has 0 atom stereocenters. The van der Waals surface area contributed by atoms with Gasteiger partial charge in [0.2, 0.25) is 0 Å². The van der Waals surface area contributed by atoms with Crippen LogP contribution in [0, 0.1) is 0 Å². The molecule has 0 bridgehead atoms. The Morgan fingerprint density at radius 1 is 1.47 bits per heavy atom. The highest BCUT2D eigenvalue weighted by Crippen LogP contribution is 2.25. The fraction of sp³-hybridized carbons (Fsp3) is 0.500. The number of hydrogen-bond donors (Lipinski definition) is 2. The maximum absolute atomic E-state index is 12.1. The van der Waals surface area contributed by atoms with Crippen molar-refractivity contribution in [3.8, 4) is 0 Å². The monoisotopic (exact) mass is 285 g/mol. The fourth-order valence-corrected chi connectivity index (χ4v) is 3.31. The smallest absolute Gasteiger partial charge is 0.279 e. The Balaban J connectivity index is 2.11. The summed E-state index contributed by atoms with van der Waals surface area (Å²) in [6.07, 6.45) is 0.686. The van der Waals surface area contributed by atoms with E-state index in [1.165, 1.54) is 11.4 Å². The minimum atomic E-state index is -3.47. The molecule has 1 aromatic rings. The molecule has 0 saturated carbocycles. The highest BCUT2D eigenvalue weighted by molar-refractivity contribution is 7.87. The summed E-state index contributed by atoms with van der Waals surface area (Å²) in [5.74, 6) is 0. The third-order valence-electron chi connectivity index (χ3n) is 3.20. The van der Waals surface area contributed by atoms with Crippen molar-refractivity contribution < 1.29 is 13.2 Å². The van der Waals surface area contributed by atoms with E-state index in [1.54, 1.807) is 6.07 Å². The minimum absolute atomic E-state index is 0.270. The third kappa shape index (κ3) is 3.24. The number of hydrogen-bond acceptors (Lipinski definition) is 4. The summed E-state index contributed by atoms with van der Waals surface area (Å²) in [7, 11) is -1.93. The van der Waals surface area contributed by atoms with E-state index in [4.69, 9.17) is 10.5 Å². The molecule has 1 aliphatic heterocycles. The van der Waals surface area contributed by atoms with Crippen LogP contribution < -0.4 is 10.5 Å². The molecule has 0 spiro atoms. The first-order valence-electron chi connectivity index (χ1n) is 6.14. The van der Waals surface area contributed by atoms with Crippen molar-refractivity contribution in [1.82, 2.24) is 9.03 Å². The van der Waals surface area contributed by atoms with E-state index in [0.29, 0.717) is 31.8 Å². The number of fused-ring (bicyclic) bond motifs is 1. The largest absolute Gasteiger partial charge is 0.398 e. The van der Waals surface area contributed by atoms with Crippen molar-refractivity contribution in [2.45, 2.75) is 13.0 Å². The summed E-state index contributed by atoms with van der Waals surface area (Å²) >= 11 is 0. The molecule has 7 heteroatoms. The minimum Gasteiger partial charge on any atom is -0.398 e. The van der Waals surface area contributed by atoms with Crippen molar-refractivity contribution in [1.29, 1.82) is 0 Å². The van der Waals surface area contributed by atoms with E-state index in [0.717, 1.165) is 11.1 Å². The van der Waals surface area contributed by atoms with Gasteiger partial charge in [-0.25, -0.2) is 0 Å². The summed E-state index contributed by atoms with van der Waals surface area (Å²) in [5, 5.41) is 0. The Morgan fingerprint density at radius 3 is 3.00 bits per heavy atom. The first-order chi connectivity index (χ1) is 9.04. The standard InChI is InChI=1S/C12H19N3O3S/c1-18-8-6-14-19(16,17)15-7-5-10-3-2-4-12(13)11(10)9-15/h2-4,14H,5-9,13H2,1H3. The Hall–Kier alpha value is -1.15. The second-order valence-electron chi connectivity index (χ2n) is 4.46. The van der Waals surface area contributed by atoms with Crippen LogP contribution in [0.1, 0.15) is 11.1 Å². The van der Waals surface area contributed by atoms with Gasteiger partial charge >= 0.3 is 0 Å². The molecule has 0 aromatic heterocycles. The number of ether oxygens (including phenoxy) is 1. The van der Waals surface area contributed by atoms with E-state index in [-0.39, 0.29) is 6.54 Å². The molecule has 1 heterocycles. The van der Waals surface area contributed by atoms with Crippen LogP contribution in [0.5, 0.6) is 0 Å². The van der Waals surface area contributed by atoms with E-state index in [1.807, 2.05) is 12.1 Å². The van der Waals surface area contributed by atoms with Crippen molar-refractivity contribution in [2.75, 3.05) is 32.5 Å².